The van der Waals surface area contributed by atoms with Crippen LogP contribution in [0.3, 0.4) is 0 Å². The number of nitro groups is 1. The van der Waals surface area contributed by atoms with E-state index >= 15 is 0 Å². The smallest absolute Gasteiger partial charge is 0.339 e. The predicted molar refractivity (Wildman–Crippen MR) is 127 cm³/mol. The van der Waals surface area contributed by atoms with Gasteiger partial charge in [-0.3, -0.25) is 19.7 Å². The molecule has 0 radical (unpaired) electrons. The van der Waals surface area contributed by atoms with Gasteiger partial charge in [-0.05, 0) is 60.7 Å². The van der Waals surface area contributed by atoms with Crippen LogP contribution in [-0.2, 0) is 14.9 Å². The van der Waals surface area contributed by atoms with E-state index in [0.29, 0.717) is 16.8 Å². The molecule has 0 spiro atoms. The summed E-state index contributed by atoms with van der Waals surface area (Å²) in [6, 6.07) is 17.9. The Labute approximate surface area is 198 Å². The summed E-state index contributed by atoms with van der Waals surface area (Å²) in [6.45, 7) is 1.50. The zero-order valence-electron chi connectivity index (χ0n) is 17.6. The molecule has 9 nitrogen and oxygen atoms in total. The molecule has 4 rings (SSSR count). The second-order valence-corrected chi connectivity index (χ2v) is 9.70. The molecule has 0 saturated carbocycles. The summed E-state index contributed by atoms with van der Waals surface area (Å²) in [7, 11) is -4.30. The number of rotatable bonds is 6. The highest BCUT2D eigenvalue weighted by atomic mass is 32.2. The third-order valence-corrected chi connectivity index (χ3v) is 6.97. The molecule has 0 atom stereocenters. The lowest BCUT2D eigenvalue weighted by Gasteiger charge is -2.11. The number of nitrogens with zero attached hydrogens (tertiary/aromatic N) is 2. The Morgan fingerprint density at radius 3 is 2.32 bits per heavy atom. The largest absolute Gasteiger partial charge is 0.379 e. The topological polar surface area (TPSA) is 124 Å². The summed E-state index contributed by atoms with van der Waals surface area (Å²) in [5.41, 5.74) is 1.02. The number of nitro benzene ring substituents is 1. The molecule has 1 aliphatic rings. The normalized spacial score (nSPS) is 15.1. The number of hydrogen-bond donors (Lipinski definition) is 0. The average molecular weight is 497 g/mol. The number of carbonyl (C=O) groups is 2. The molecule has 1 fully saturated rings. The van der Waals surface area contributed by atoms with E-state index in [9.17, 15) is 28.1 Å². The lowest BCUT2D eigenvalue weighted by Crippen LogP contribution is -2.27. The van der Waals surface area contributed by atoms with Gasteiger partial charge in [0.05, 0.1) is 15.5 Å². The lowest BCUT2D eigenvalue weighted by atomic mass is 10.2. The minimum Gasteiger partial charge on any atom is -0.379 e. The zero-order chi connectivity index (χ0) is 24.5. The van der Waals surface area contributed by atoms with Crippen molar-refractivity contribution in [2.24, 2.45) is 0 Å². The second-order valence-electron chi connectivity index (χ2n) is 7.16. The van der Waals surface area contributed by atoms with Crippen LogP contribution in [-0.4, -0.2) is 24.5 Å². The van der Waals surface area contributed by atoms with Gasteiger partial charge in [0, 0.05) is 11.6 Å². The number of hydrogen-bond acceptors (Lipinski definition) is 8. The van der Waals surface area contributed by atoms with Crippen molar-refractivity contribution in [3.63, 3.8) is 0 Å². The summed E-state index contributed by atoms with van der Waals surface area (Å²) < 4.78 is 30.2. The first-order chi connectivity index (χ1) is 16.2. The zero-order valence-corrected chi connectivity index (χ0v) is 19.2. The van der Waals surface area contributed by atoms with Crippen LogP contribution in [0, 0.1) is 17.0 Å². The first-order valence-corrected chi connectivity index (χ1v) is 12.0. The molecule has 172 valence electrons. The van der Waals surface area contributed by atoms with E-state index in [1.807, 2.05) is 0 Å². The molecule has 0 bridgehead atoms. The summed E-state index contributed by atoms with van der Waals surface area (Å²) in [6.07, 6.45) is 1.52. The van der Waals surface area contributed by atoms with Gasteiger partial charge in [-0.1, -0.05) is 36.4 Å². The van der Waals surface area contributed by atoms with Gasteiger partial charge in [0.25, 0.3) is 16.8 Å². The van der Waals surface area contributed by atoms with Gasteiger partial charge < -0.3 is 4.18 Å². The fourth-order valence-corrected chi connectivity index (χ4v) is 4.95. The van der Waals surface area contributed by atoms with E-state index in [1.165, 1.54) is 49.4 Å². The van der Waals surface area contributed by atoms with Gasteiger partial charge in [0.1, 0.15) is 10.6 Å². The standard InChI is InChI=1S/C23H16N2O7S2/c1-15-7-12-19(14-20(15)25(28)29)34(30,31)32-18-10-8-16(9-11-18)13-21-22(26)24(23(27)33-21)17-5-3-2-4-6-17/h2-14H,1H3/b21-13+. The van der Waals surface area contributed by atoms with Crippen molar-refractivity contribution in [3.05, 3.63) is 98.9 Å². The summed E-state index contributed by atoms with van der Waals surface area (Å²) in [5, 5.41) is 10.7. The molecular formula is C23H16N2O7S2. The van der Waals surface area contributed by atoms with E-state index in [-0.39, 0.29) is 21.2 Å². The predicted octanol–water partition coefficient (Wildman–Crippen LogP) is 4.91. The Morgan fingerprint density at radius 1 is 1.00 bits per heavy atom. The number of aryl methyl sites for hydroxylation is 1. The summed E-state index contributed by atoms with van der Waals surface area (Å²) in [5.74, 6) is -0.470. The maximum atomic E-state index is 12.7. The molecular weight excluding hydrogens is 480 g/mol. The summed E-state index contributed by atoms with van der Waals surface area (Å²) >= 11 is 0.804. The Balaban J connectivity index is 1.52. The minimum absolute atomic E-state index is 0.0160. The Hall–Kier alpha value is -3.96. The van der Waals surface area contributed by atoms with Crippen LogP contribution in [0.15, 0.2) is 82.6 Å². The van der Waals surface area contributed by atoms with E-state index in [0.717, 1.165) is 22.7 Å². The molecule has 1 heterocycles. The fraction of sp³-hybridized carbons (Fsp3) is 0.0435. The molecule has 1 aliphatic heterocycles. The number of anilines is 1. The van der Waals surface area contributed by atoms with Crippen LogP contribution in [0.25, 0.3) is 6.08 Å². The van der Waals surface area contributed by atoms with Crippen LogP contribution in [0.5, 0.6) is 5.75 Å². The van der Waals surface area contributed by atoms with Crippen LogP contribution in [0.4, 0.5) is 16.2 Å². The Bertz CT molecular complexity index is 1430. The Kier molecular flexibility index (Phi) is 6.22. The molecule has 0 N–H and O–H groups in total. The van der Waals surface area contributed by atoms with Crippen LogP contribution < -0.4 is 9.08 Å². The minimum atomic E-state index is -4.30. The molecule has 0 aliphatic carbocycles. The van der Waals surface area contributed by atoms with Gasteiger partial charge in [0.15, 0.2) is 0 Å². The highest BCUT2D eigenvalue weighted by Crippen LogP contribution is 2.35. The van der Waals surface area contributed by atoms with E-state index in [2.05, 4.69) is 0 Å². The van der Waals surface area contributed by atoms with Crippen molar-refractivity contribution in [3.8, 4) is 5.75 Å². The SMILES string of the molecule is Cc1ccc(S(=O)(=O)Oc2ccc(/C=C3/SC(=O)N(c4ccccc4)C3=O)cc2)cc1[N+](=O)[O-]. The van der Waals surface area contributed by atoms with Crippen molar-refractivity contribution in [2.45, 2.75) is 11.8 Å². The number of thioether (sulfide) groups is 1. The fourth-order valence-electron chi connectivity index (χ4n) is 3.15. The van der Waals surface area contributed by atoms with Crippen LogP contribution >= 0.6 is 11.8 Å². The molecule has 34 heavy (non-hydrogen) atoms. The molecule has 2 amide bonds. The average Bonchev–Trinajstić information content (AvgIpc) is 3.08. The third-order valence-electron chi connectivity index (χ3n) is 4.86. The maximum absolute atomic E-state index is 12.7. The highest BCUT2D eigenvalue weighted by molar-refractivity contribution is 8.19. The number of imide groups is 1. The Morgan fingerprint density at radius 2 is 1.68 bits per heavy atom. The van der Waals surface area contributed by atoms with Crippen molar-refractivity contribution in [1.82, 2.24) is 0 Å². The summed E-state index contributed by atoms with van der Waals surface area (Å²) in [4.78, 5) is 36.4. The van der Waals surface area contributed by atoms with E-state index in [4.69, 9.17) is 4.18 Å². The molecule has 3 aromatic rings. The molecule has 11 heteroatoms. The first kappa shape index (κ1) is 23.2. The van der Waals surface area contributed by atoms with Crippen molar-refractivity contribution in [1.29, 1.82) is 0 Å². The molecule has 0 unspecified atom stereocenters. The van der Waals surface area contributed by atoms with E-state index < -0.39 is 26.2 Å². The maximum Gasteiger partial charge on any atom is 0.339 e. The van der Waals surface area contributed by atoms with E-state index in [1.54, 1.807) is 30.3 Å². The monoisotopic (exact) mass is 496 g/mol. The van der Waals surface area contributed by atoms with Gasteiger partial charge in [-0.2, -0.15) is 8.42 Å². The highest BCUT2D eigenvalue weighted by Gasteiger charge is 2.36. The van der Waals surface area contributed by atoms with Crippen molar-refractivity contribution < 1.29 is 27.1 Å². The molecule has 1 saturated heterocycles. The number of para-hydroxylation sites is 1. The molecule has 3 aromatic carbocycles. The van der Waals surface area contributed by atoms with Crippen LogP contribution in [0.1, 0.15) is 11.1 Å². The number of amides is 2. The first-order valence-electron chi connectivity index (χ1n) is 9.78. The number of benzene rings is 3. The quantitative estimate of drug-likeness (QED) is 0.204. The van der Waals surface area contributed by atoms with Crippen molar-refractivity contribution >= 4 is 50.5 Å². The third kappa shape index (κ3) is 4.70. The van der Waals surface area contributed by atoms with Gasteiger partial charge in [-0.15, -0.1) is 0 Å². The molecule has 0 aromatic heterocycles. The van der Waals surface area contributed by atoms with Gasteiger partial charge in [0.2, 0.25) is 0 Å². The van der Waals surface area contributed by atoms with Gasteiger partial charge >= 0.3 is 10.1 Å². The number of carbonyl (C=O) groups excluding carboxylic acids is 2. The van der Waals surface area contributed by atoms with Crippen LogP contribution in [0.2, 0.25) is 0 Å². The van der Waals surface area contributed by atoms with Gasteiger partial charge in [-0.25, -0.2) is 4.90 Å². The van der Waals surface area contributed by atoms with Crippen molar-refractivity contribution in [2.75, 3.05) is 4.90 Å². The second kappa shape index (κ2) is 9.12. The lowest BCUT2D eigenvalue weighted by molar-refractivity contribution is -0.385.